The standard InChI is InChI=1S/C28H29N3O10S/c1-13(33)29-24-26(36)25(35)19(12-32)41-27(24)30-21(34)11-18(28(37)38)31-42(39,40)20-10-8-16-6-5-14-3-2-4-15-7-9-17(20)23(16)22(14)15/h2-10,18-19,24-27,31-32,35-36H,11-12H2,1H3,(H,29,33)(H,30,34)(H,37,38)/t18-,19+,24+,25+,26+,27+/m0/s1. The van der Waals surface area contributed by atoms with Crippen LogP contribution in [0.25, 0.3) is 32.3 Å². The Morgan fingerprint density at radius 2 is 1.52 bits per heavy atom. The number of carboxylic acid groups (broad SMARTS) is 1. The van der Waals surface area contributed by atoms with Crippen LogP contribution in [-0.4, -0.2) is 89.9 Å². The zero-order valence-corrected chi connectivity index (χ0v) is 23.0. The molecular weight excluding hydrogens is 570 g/mol. The fourth-order valence-corrected chi connectivity index (χ4v) is 6.80. The van der Waals surface area contributed by atoms with E-state index in [0.717, 1.165) is 28.5 Å². The Morgan fingerprint density at radius 3 is 2.14 bits per heavy atom. The number of ether oxygens (including phenoxy) is 1. The van der Waals surface area contributed by atoms with Crippen LogP contribution in [0, 0.1) is 0 Å². The smallest absolute Gasteiger partial charge is 0.322 e. The minimum atomic E-state index is -4.47. The highest BCUT2D eigenvalue weighted by atomic mass is 32.2. The molecule has 222 valence electrons. The molecule has 0 aromatic heterocycles. The lowest BCUT2D eigenvalue weighted by Gasteiger charge is -2.42. The van der Waals surface area contributed by atoms with Crippen LogP contribution in [-0.2, 0) is 29.1 Å². The number of nitrogens with one attached hydrogen (secondary N) is 3. The molecule has 0 bridgehead atoms. The van der Waals surface area contributed by atoms with Crippen LogP contribution in [0.15, 0.2) is 59.5 Å². The predicted molar refractivity (Wildman–Crippen MR) is 150 cm³/mol. The molecule has 6 atom stereocenters. The van der Waals surface area contributed by atoms with Gasteiger partial charge in [-0.15, -0.1) is 0 Å². The first-order valence-corrected chi connectivity index (χ1v) is 14.5. The molecule has 7 N–H and O–H groups in total. The lowest BCUT2D eigenvalue weighted by molar-refractivity contribution is -0.203. The number of sulfonamides is 1. The van der Waals surface area contributed by atoms with Gasteiger partial charge in [0.05, 0.1) is 17.9 Å². The number of hydrogen-bond acceptors (Lipinski definition) is 9. The largest absolute Gasteiger partial charge is 0.480 e. The maximum Gasteiger partial charge on any atom is 0.322 e. The van der Waals surface area contributed by atoms with E-state index in [-0.39, 0.29) is 4.90 Å². The second-order valence-corrected chi connectivity index (χ2v) is 11.9. The van der Waals surface area contributed by atoms with Crippen molar-refractivity contribution in [1.82, 2.24) is 15.4 Å². The number of hydrogen-bond donors (Lipinski definition) is 7. The maximum atomic E-state index is 13.5. The Morgan fingerprint density at radius 1 is 0.905 bits per heavy atom. The molecule has 4 aromatic rings. The summed E-state index contributed by atoms with van der Waals surface area (Å²) in [5.41, 5.74) is 0. The van der Waals surface area contributed by atoms with Gasteiger partial charge in [0.15, 0.2) is 6.23 Å². The summed E-state index contributed by atoms with van der Waals surface area (Å²) in [5.74, 6) is -3.25. The summed E-state index contributed by atoms with van der Waals surface area (Å²) in [7, 11) is -4.47. The minimum Gasteiger partial charge on any atom is -0.480 e. The first-order valence-electron chi connectivity index (χ1n) is 13.0. The first-order chi connectivity index (χ1) is 19.9. The molecule has 0 spiro atoms. The van der Waals surface area contributed by atoms with E-state index in [2.05, 4.69) is 15.4 Å². The Balaban J connectivity index is 1.40. The monoisotopic (exact) mass is 599 g/mol. The van der Waals surface area contributed by atoms with Gasteiger partial charge in [-0.25, -0.2) is 8.42 Å². The van der Waals surface area contributed by atoms with Gasteiger partial charge in [-0.05, 0) is 33.0 Å². The van der Waals surface area contributed by atoms with Crippen molar-refractivity contribution in [2.24, 2.45) is 0 Å². The van der Waals surface area contributed by atoms with Crippen LogP contribution in [0.3, 0.4) is 0 Å². The summed E-state index contributed by atoms with van der Waals surface area (Å²) in [6, 6.07) is 12.7. The van der Waals surface area contributed by atoms with Crippen molar-refractivity contribution in [2.75, 3.05) is 6.61 Å². The molecule has 13 nitrogen and oxygen atoms in total. The third-order valence-electron chi connectivity index (χ3n) is 7.36. The van der Waals surface area contributed by atoms with Crippen molar-refractivity contribution in [2.45, 2.75) is 54.9 Å². The van der Waals surface area contributed by atoms with Crippen LogP contribution >= 0.6 is 0 Å². The normalized spacial score (nSPS) is 23.7. The lowest BCUT2D eigenvalue weighted by Crippen LogP contribution is -2.68. The zero-order valence-electron chi connectivity index (χ0n) is 22.2. The van der Waals surface area contributed by atoms with E-state index in [1.165, 1.54) is 6.07 Å². The third-order valence-corrected chi connectivity index (χ3v) is 8.89. The second-order valence-electron chi connectivity index (χ2n) is 10.2. The van der Waals surface area contributed by atoms with Crippen molar-refractivity contribution < 1.29 is 48.0 Å². The molecule has 2 amide bonds. The molecular formula is C28H29N3O10S. The highest BCUT2D eigenvalue weighted by molar-refractivity contribution is 7.89. The zero-order chi connectivity index (χ0) is 30.3. The lowest BCUT2D eigenvalue weighted by atomic mass is 9.94. The van der Waals surface area contributed by atoms with Crippen molar-refractivity contribution >= 4 is 60.1 Å². The van der Waals surface area contributed by atoms with Crippen LogP contribution < -0.4 is 15.4 Å². The van der Waals surface area contributed by atoms with E-state index >= 15 is 0 Å². The summed E-state index contributed by atoms with van der Waals surface area (Å²) in [6.07, 6.45) is -6.91. The predicted octanol–water partition coefficient (Wildman–Crippen LogP) is -0.234. The molecule has 1 aliphatic heterocycles. The van der Waals surface area contributed by atoms with Gasteiger partial charge in [-0.2, -0.15) is 4.72 Å². The molecule has 0 saturated carbocycles. The van der Waals surface area contributed by atoms with E-state index < -0.39 is 77.5 Å². The van der Waals surface area contributed by atoms with Gasteiger partial charge in [-0.3, -0.25) is 14.4 Å². The molecule has 14 heteroatoms. The van der Waals surface area contributed by atoms with Crippen molar-refractivity contribution in [3.05, 3.63) is 54.6 Å². The fourth-order valence-electron chi connectivity index (χ4n) is 5.41. The second kappa shape index (κ2) is 11.4. The van der Waals surface area contributed by atoms with Crippen LogP contribution in [0.2, 0.25) is 0 Å². The Kier molecular flexibility index (Phi) is 8.02. The average Bonchev–Trinajstić information content (AvgIpc) is 2.94. The molecule has 1 saturated heterocycles. The molecule has 5 rings (SSSR count). The van der Waals surface area contributed by atoms with Crippen LogP contribution in [0.1, 0.15) is 13.3 Å². The van der Waals surface area contributed by atoms with E-state index in [9.17, 15) is 43.2 Å². The molecule has 4 aromatic carbocycles. The third kappa shape index (κ3) is 5.47. The van der Waals surface area contributed by atoms with Gasteiger partial charge in [0.25, 0.3) is 0 Å². The topological polar surface area (TPSA) is 212 Å². The SMILES string of the molecule is CC(=O)N[C@@H]1[C@@H](O)[C@H](O)[C@@H](CO)O[C@H]1NC(=O)C[C@H](NS(=O)(=O)c1ccc2ccc3cccc4ccc1c2c34)C(=O)O. The fraction of sp³-hybridized carbons (Fsp3) is 0.321. The summed E-state index contributed by atoms with van der Waals surface area (Å²) >= 11 is 0. The van der Waals surface area contributed by atoms with Gasteiger partial charge in [-0.1, -0.05) is 48.5 Å². The number of carboxylic acids is 1. The summed E-state index contributed by atoms with van der Waals surface area (Å²) in [6.45, 7) is 0.401. The summed E-state index contributed by atoms with van der Waals surface area (Å²) in [5, 5.41) is 49.1. The number of carbonyl (C=O) groups is 3. The van der Waals surface area contributed by atoms with E-state index in [4.69, 9.17) is 4.74 Å². The van der Waals surface area contributed by atoms with Crippen molar-refractivity contribution in [3.63, 3.8) is 0 Å². The molecule has 0 radical (unpaired) electrons. The van der Waals surface area contributed by atoms with Gasteiger partial charge in [0.1, 0.15) is 30.4 Å². The number of aliphatic hydroxyl groups excluding tert-OH is 3. The number of carbonyl (C=O) groups excluding carboxylic acids is 2. The number of rotatable bonds is 9. The van der Waals surface area contributed by atoms with E-state index in [1.54, 1.807) is 18.2 Å². The number of aliphatic hydroxyl groups is 3. The molecule has 1 aliphatic rings. The molecule has 42 heavy (non-hydrogen) atoms. The summed E-state index contributed by atoms with van der Waals surface area (Å²) in [4.78, 5) is 36.4. The first kappa shape index (κ1) is 29.6. The van der Waals surface area contributed by atoms with E-state index in [1.807, 2.05) is 30.3 Å². The number of aliphatic carboxylic acids is 1. The Bertz CT molecular complexity index is 1760. The quantitative estimate of drug-likeness (QED) is 0.126. The van der Waals surface area contributed by atoms with E-state index in [0.29, 0.717) is 10.8 Å². The van der Waals surface area contributed by atoms with Gasteiger partial charge in [0, 0.05) is 12.3 Å². The van der Waals surface area contributed by atoms with Gasteiger partial charge >= 0.3 is 5.97 Å². The van der Waals surface area contributed by atoms with Crippen LogP contribution in [0.5, 0.6) is 0 Å². The molecule has 0 unspecified atom stereocenters. The Hall–Kier alpha value is -3.92. The molecule has 1 heterocycles. The average molecular weight is 600 g/mol. The number of amides is 2. The number of benzene rings is 4. The highest BCUT2D eigenvalue weighted by Gasteiger charge is 2.45. The highest BCUT2D eigenvalue weighted by Crippen LogP contribution is 2.37. The molecule has 0 aliphatic carbocycles. The van der Waals surface area contributed by atoms with Crippen molar-refractivity contribution in [1.29, 1.82) is 0 Å². The minimum absolute atomic E-state index is 0.163. The van der Waals surface area contributed by atoms with Gasteiger partial charge < -0.3 is 35.8 Å². The maximum absolute atomic E-state index is 13.5. The Labute approximate surface area is 239 Å². The molecule has 1 fully saturated rings. The van der Waals surface area contributed by atoms with Gasteiger partial charge in [0.2, 0.25) is 21.8 Å². The summed E-state index contributed by atoms with van der Waals surface area (Å²) < 4.78 is 34.6. The van der Waals surface area contributed by atoms with Crippen molar-refractivity contribution in [3.8, 4) is 0 Å². The van der Waals surface area contributed by atoms with Crippen LogP contribution in [0.4, 0.5) is 0 Å².